The Morgan fingerprint density at radius 3 is 1.05 bits per heavy atom. The molecule has 6 aliphatic carbocycles. The molecule has 0 heterocycles. The molecular formula is C75H129N3O19Si3. The van der Waals surface area contributed by atoms with Crippen LogP contribution in [0.25, 0.3) is 0 Å². The highest BCUT2D eigenvalue weighted by Crippen LogP contribution is 2.42. The Kier molecular flexibility index (Phi) is 37.6. The molecule has 1 unspecified atom stereocenters. The zero-order valence-corrected chi connectivity index (χ0v) is 65.2. The maximum Gasteiger partial charge on any atom is 0.407 e. The van der Waals surface area contributed by atoms with Crippen molar-refractivity contribution in [2.75, 3.05) is 59.5 Å². The molecule has 0 aromatic carbocycles. The van der Waals surface area contributed by atoms with Crippen LogP contribution < -0.4 is 16.0 Å². The molecule has 0 saturated heterocycles. The minimum atomic E-state index is -2.46. The molecule has 570 valence electrons. The van der Waals surface area contributed by atoms with Gasteiger partial charge in [0.2, 0.25) is 0 Å². The number of ether oxygens (including phenoxy) is 9. The minimum Gasteiger partial charge on any atom is -0.466 e. The van der Waals surface area contributed by atoms with E-state index in [0.717, 1.165) is 185 Å². The number of hydrogen-bond donors (Lipinski definition) is 3. The Labute approximate surface area is 601 Å². The predicted molar refractivity (Wildman–Crippen MR) is 389 cm³/mol. The van der Waals surface area contributed by atoms with Crippen molar-refractivity contribution < 1.29 is 89.2 Å². The van der Waals surface area contributed by atoms with E-state index in [9.17, 15) is 38.4 Å². The largest absolute Gasteiger partial charge is 0.466 e. The van der Waals surface area contributed by atoms with Crippen LogP contribution in [0.4, 0.5) is 14.4 Å². The Morgan fingerprint density at radius 2 is 0.670 bits per heavy atom. The summed E-state index contributed by atoms with van der Waals surface area (Å²) < 4.78 is 62.8. The third-order valence-electron chi connectivity index (χ3n) is 21.3. The van der Waals surface area contributed by atoms with Crippen LogP contribution in [0.2, 0.25) is 51.9 Å². The van der Waals surface area contributed by atoms with E-state index >= 15 is 0 Å². The van der Waals surface area contributed by atoms with Crippen LogP contribution in [0.5, 0.6) is 0 Å². The lowest BCUT2D eigenvalue weighted by Gasteiger charge is -2.38. The average molecular weight is 1460 g/mol. The number of amides is 3. The molecule has 0 spiro atoms. The first-order valence-electron chi connectivity index (χ1n) is 38.6. The number of hydrogen-bond acceptors (Lipinski definition) is 19. The van der Waals surface area contributed by atoms with E-state index < -0.39 is 55.4 Å². The number of nitrogens with one attached hydrogen (secondary N) is 3. The fraction of sp³-hybridized carbons (Fsp3) is 0.840. The second-order valence-corrected chi connectivity index (χ2v) is 45.0. The third kappa shape index (κ3) is 36.1. The number of carbonyl (C=O) groups is 8. The SMILES string of the molecule is C=CC(=O)OCCOC(=O)CC1CCC(CC2CCC(CC(=O)OC(COCCC[Si](C)(O[Si](C)(C)C)O[Si](C)(C)C)COC(=O)NC3CCC(CC4CCC(NC(=O)OCCCCOC(=O)CC5CCC(CC6CCC(NC(=O)OCCOC(=O)C=C)CC6)CC5)CC4)CC3)CC2)CC1. The maximum absolute atomic E-state index is 13.7. The van der Waals surface area contributed by atoms with Crippen LogP contribution in [0.1, 0.15) is 212 Å². The number of unbranched alkanes of at least 4 members (excludes halogenated alkanes) is 1. The van der Waals surface area contributed by atoms with Crippen LogP contribution in [0, 0.1) is 53.3 Å². The highest BCUT2D eigenvalue weighted by molar-refractivity contribution is 6.87. The number of alkyl carbamates (subject to hydrolysis) is 3. The van der Waals surface area contributed by atoms with E-state index in [2.05, 4.69) is 74.9 Å². The van der Waals surface area contributed by atoms with Gasteiger partial charge in [0.15, 0.2) is 22.7 Å². The fourth-order valence-corrected chi connectivity index (χ4v) is 28.9. The van der Waals surface area contributed by atoms with Crippen LogP contribution in [-0.2, 0) is 74.8 Å². The second kappa shape index (κ2) is 44.7. The first kappa shape index (κ1) is 84.1. The summed E-state index contributed by atoms with van der Waals surface area (Å²) in [5, 5.41) is 9.13. The van der Waals surface area contributed by atoms with Crippen LogP contribution >= 0.6 is 0 Å². The lowest BCUT2D eigenvalue weighted by molar-refractivity contribution is -0.156. The van der Waals surface area contributed by atoms with Crippen molar-refractivity contribution in [3.8, 4) is 0 Å². The van der Waals surface area contributed by atoms with Gasteiger partial charge >= 0.3 is 56.7 Å². The first-order valence-corrected chi connectivity index (χ1v) is 48.0. The quantitative estimate of drug-likeness (QED) is 0.0169. The van der Waals surface area contributed by atoms with E-state index in [-0.39, 0.29) is 94.3 Å². The zero-order chi connectivity index (χ0) is 72.3. The van der Waals surface area contributed by atoms with Gasteiger partial charge in [0.25, 0.3) is 0 Å². The highest BCUT2D eigenvalue weighted by Gasteiger charge is 2.40. The topological polar surface area (TPSA) is 274 Å². The second-order valence-electron chi connectivity index (χ2n) is 32.2. The molecule has 6 aliphatic rings. The molecule has 0 bridgehead atoms. The van der Waals surface area contributed by atoms with Crippen molar-refractivity contribution in [1.29, 1.82) is 0 Å². The van der Waals surface area contributed by atoms with Crippen LogP contribution in [-0.4, -0.2) is 157 Å². The molecule has 0 aliphatic heterocycles. The Bertz CT molecular complexity index is 2470. The fourth-order valence-electron chi connectivity index (χ4n) is 16.4. The number of carbonyl (C=O) groups excluding carboxylic acids is 8. The van der Waals surface area contributed by atoms with E-state index in [1.807, 2.05) is 0 Å². The summed E-state index contributed by atoms with van der Waals surface area (Å²) in [7, 11) is -6.20. The van der Waals surface area contributed by atoms with Gasteiger partial charge in [-0.25, -0.2) is 24.0 Å². The monoisotopic (exact) mass is 1460 g/mol. The van der Waals surface area contributed by atoms with E-state index in [0.29, 0.717) is 92.7 Å². The molecule has 0 radical (unpaired) electrons. The Hall–Kier alpha value is -4.83. The standard InChI is InChI=1S/C75H129N3O19Si3/c1-10-68(79)89-42-43-91-71(82)51-62-23-15-55(16-24-62)47-56-19-25-63(26-20-56)52-72(83)95-67(53-87-39-14-46-100(9,96-98(3,4)5)97-99(6,7)8)54-94-75(86)78-66-37-31-60(32-38-66)49-59-29-33-64(34-30-59)76-73(84)92-41-13-12-40-88-70(81)50-61-21-17-57(18-22-61)48-58-27-35-65(36-28-58)77-74(85)93-45-44-90-69(80)11-2/h10-11,55-67H,1-2,12-54H2,3-9H3,(H,76,84)(H,77,85)(H,78,86). The van der Waals surface area contributed by atoms with Gasteiger partial charge in [-0.05, 0) is 259 Å². The molecule has 1 atom stereocenters. The van der Waals surface area contributed by atoms with E-state index in [4.69, 9.17) is 50.9 Å². The molecule has 3 amide bonds. The lowest BCUT2D eigenvalue weighted by Crippen LogP contribution is -2.52. The molecular weight excluding hydrogens is 1330 g/mol. The third-order valence-corrected chi connectivity index (χ3v) is 30.9. The van der Waals surface area contributed by atoms with Crippen LogP contribution in [0.3, 0.4) is 0 Å². The van der Waals surface area contributed by atoms with Gasteiger partial charge in [-0.15, -0.1) is 0 Å². The molecule has 6 rings (SSSR count). The Balaban J connectivity index is 0.792. The average Bonchev–Trinajstić information content (AvgIpc) is 0.761. The predicted octanol–water partition coefficient (Wildman–Crippen LogP) is 15.0. The Morgan fingerprint density at radius 1 is 0.360 bits per heavy atom. The number of rotatable bonds is 41. The van der Waals surface area contributed by atoms with Gasteiger partial charge < -0.3 is 66.8 Å². The molecule has 6 saturated carbocycles. The van der Waals surface area contributed by atoms with Gasteiger partial charge in [-0.3, -0.25) is 14.4 Å². The van der Waals surface area contributed by atoms with E-state index in [1.54, 1.807) is 0 Å². The normalized spacial score (nSPS) is 26.2. The van der Waals surface area contributed by atoms with Gasteiger partial charge in [0.05, 0.1) is 19.8 Å². The highest BCUT2D eigenvalue weighted by atomic mass is 28.5. The van der Waals surface area contributed by atoms with Crippen molar-refractivity contribution in [1.82, 2.24) is 16.0 Å². The molecule has 25 heteroatoms. The lowest BCUT2D eigenvalue weighted by atomic mass is 9.72. The van der Waals surface area contributed by atoms with Gasteiger partial charge in [-0.1, -0.05) is 51.7 Å². The zero-order valence-electron chi connectivity index (χ0n) is 62.2. The van der Waals surface area contributed by atoms with Crippen molar-refractivity contribution >= 4 is 73.3 Å². The summed E-state index contributed by atoms with van der Waals surface area (Å²) in [4.78, 5) is 99.4. The van der Waals surface area contributed by atoms with Crippen molar-refractivity contribution in [2.45, 2.75) is 288 Å². The summed E-state index contributed by atoms with van der Waals surface area (Å²) in [6.45, 7) is 23.2. The summed E-state index contributed by atoms with van der Waals surface area (Å²) in [5.41, 5.74) is 0. The summed E-state index contributed by atoms with van der Waals surface area (Å²) in [5.74, 6) is 2.91. The molecule has 3 N–H and O–H groups in total. The molecule has 22 nitrogen and oxygen atoms in total. The molecule has 6 fully saturated rings. The first-order chi connectivity index (χ1) is 47.8. The van der Waals surface area contributed by atoms with Gasteiger partial charge in [0, 0.05) is 56.1 Å². The smallest absolute Gasteiger partial charge is 0.407 e. The minimum absolute atomic E-state index is 0.000908. The van der Waals surface area contributed by atoms with Gasteiger partial charge in [0.1, 0.15) is 33.0 Å². The molecule has 0 aromatic rings. The van der Waals surface area contributed by atoms with Crippen molar-refractivity contribution in [2.24, 2.45) is 53.3 Å². The molecule has 100 heavy (non-hydrogen) atoms. The van der Waals surface area contributed by atoms with Crippen molar-refractivity contribution in [3.63, 3.8) is 0 Å². The van der Waals surface area contributed by atoms with Gasteiger partial charge in [-0.2, -0.15) is 0 Å². The summed E-state index contributed by atoms with van der Waals surface area (Å²) in [6.07, 6.45) is 31.1. The summed E-state index contributed by atoms with van der Waals surface area (Å²) in [6, 6.07) is 0.986. The number of esters is 5. The molecule has 0 aromatic heterocycles. The van der Waals surface area contributed by atoms with E-state index in [1.165, 1.54) is 12.8 Å². The van der Waals surface area contributed by atoms with Crippen LogP contribution in [0.15, 0.2) is 25.3 Å². The van der Waals surface area contributed by atoms with Crippen molar-refractivity contribution in [3.05, 3.63) is 25.3 Å². The summed E-state index contributed by atoms with van der Waals surface area (Å²) >= 11 is 0. The maximum atomic E-state index is 13.7.